The number of ether oxygens (including phenoxy) is 5. The molecule has 0 N–H and O–H groups in total. The molecular formula is C17H28O6. The van der Waals surface area contributed by atoms with Gasteiger partial charge in [0.25, 0.3) is 0 Å². The van der Waals surface area contributed by atoms with E-state index in [9.17, 15) is 4.79 Å². The summed E-state index contributed by atoms with van der Waals surface area (Å²) in [5, 5.41) is 0. The summed E-state index contributed by atoms with van der Waals surface area (Å²) >= 11 is 0. The molecule has 6 nitrogen and oxygen atoms in total. The van der Waals surface area contributed by atoms with Crippen molar-refractivity contribution in [2.45, 2.75) is 53.1 Å². The lowest BCUT2D eigenvalue weighted by molar-refractivity contribution is -0.285. The van der Waals surface area contributed by atoms with E-state index in [-0.39, 0.29) is 13.2 Å². The van der Waals surface area contributed by atoms with Gasteiger partial charge in [-0.1, -0.05) is 6.58 Å². The van der Waals surface area contributed by atoms with Gasteiger partial charge in [-0.3, -0.25) is 4.79 Å². The fourth-order valence-corrected chi connectivity index (χ4v) is 2.14. The maximum atomic E-state index is 12.5. The van der Waals surface area contributed by atoms with Gasteiger partial charge in [-0.2, -0.15) is 0 Å². The van der Waals surface area contributed by atoms with Crippen molar-refractivity contribution in [1.82, 2.24) is 0 Å². The second-order valence-corrected chi connectivity index (χ2v) is 7.89. The number of carbonyl (C=O) groups excluding carboxylic acids is 1. The first-order valence-corrected chi connectivity index (χ1v) is 7.85. The van der Waals surface area contributed by atoms with Crippen molar-refractivity contribution in [1.29, 1.82) is 0 Å². The smallest absolute Gasteiger partial charge is 0.321 e. The highest BCUT2D eigenvalue weighted by molar-refractivity contribution is 5.78. The Morgan fingerprint density at radius 3 is 1.52 bits per heavy atom. The van der Waals surface area contributed by atoms with E-state index in [1.165, 1.54) is 0 Å². The van der Waals surface area contributed by atoms with Gasteiger partial charge in [0.2, 0.25) is 0 Å². The minimum absolute atomic E-state index is 0.239. The van der Waals surface area contributed by atoms with Crippen LogP contribution < -0.4 is 0 Å². The lowest BCUT2D eigenvalue weighted by Gasteiger charge is -2.43. The number of esters is 1. The Bertz CT molecular complexity index is 429. The van der Waals surface area contributed by atoms with Gasteiger partial charge in [-0.25, -0.2) is 0 Å². The third-order valence-electron chi connectivity index (χ3n) is 4.34. The van der Waals surface area contributed by atoms with Crippen molar-refractivity contribution in [3.05, 3.63) is 12.3 Å². The lowest BCUT2D eigenvalue weighted by Crippen LogP contribution is -2.51. The molecule has 0 unspecified atom stereocenters. The van der Waals surface area contributed by atoms with Crippen LogP contribution in [0.1, 0.15) is 41.5 Å². The van der Waals surface area contributed by atoms with E-state index in [0.717, 1.165) is 0 Å². The molecule has 0 bridgehead atoms. The van der Waals surface area contributed by atoms with Crippen molar-refractivity contribution in [2.24, 2.45) is 10.8 Å². The van der Waals surface area contributed by atoms with Crippen molar-refractivity contribution in [3.8, 4) is 0 Å². The topological polar surface area (TPSA) is 63.2 Å². The van der Waals surface area contributed by atoms with Gasteiger partial charge in [0.05, 0.1) is 31.8 Å². The molecule has 2 fully saturated rings. The van der Waals surface area contributed by atoms with Crippen LogP contribution >= 0.6 is 0 Å². The summed E-state index contributed by atoms with van der Waals surface area (Å²) in [5.41, 5.74) is -1.43. The molecule has 6 heteroatoms. The molecule has 2 aliphatic heterocycles. The first kappa shape index (κ1) is 18.4. The van der Waals surface area contributed by atoms with Gasteiger partial charge in [0.1, 0.15) is 11.2 Å². The first-order chi connectivity index (χ1) is 10.4. The molecule has 0 aromatic carbocycles. The number of carbonyl (C=O) groups is 1. The largest absolute Gasteiger partial charge is 0.430 e. The second kappa shape index (κ2) is 5.84. The predicted octanol–water partition coefficient (Wildman–Crippen LogP) is 2.62. The van der Waals surface area contributed by atoms with Crippen molar-refractivity contribution in [3.63, 3.8) is 0 Å². The van der Waals surface area contributed by atoms with Crippen LogP contribution in [0.15, 0.2) is 12.3 Å². The van der Waals surface area contributed by atoms with Crippen LogP contribution in [0, 0.1) is 10.8 Å². The minimum Gasteiger partial charge on any atom is -0.430 e. The first-order valence-electron chi connectivity index (χ1n) is 7.85. The van der Waals surface area contributed by atoms with E-state index >= 15 is 0 Å². The highest BCUT2D eigenvalue weighted by atomic mass is 16.7. The summed E-state index contributed by atoms with van der Waals surface area (Å²) in [7, 11) is 0. The average Bonchev–Trinajstić information content (AvgIpc) is 2.46. The van der Waals surface area contributed by atoms with Gasteiger partial charge in [0, 0.05) is 0 Å². The molecule has 0 amide bonds. The van der Waals surface area contributed by atoms with Gasteiger partial charge in [0.15, 0.2) is 11.6 Å². The molecule has 2 heterocycles. The Morgan fingerprint density at radius 2 is 1.13 bits per heavy atom. The monoisotopic (exact) mass is 328 g/mol. The highest BCUT2D eigenvalue weighted by Gasteiger charge is 2.46. The summed E-state index contributed by atoms with van der Waals surface area (Å²) in [6.07, 6.45) is 0. The molecule has 0 saturated carbocycles. The Morgan fingerprint density at radius 1 is 0.783 bits per heavy atom. The fourth-order valence-electron chi connectivity index (χ4n) is 2.14. The molecule has 2 rings (SSSR count). The van der Waals surface area contributed by atoms with Crippen LogP contribution in [0.3, 0.4) is 0 Å². The van der Waals surface area contributed by atoms with Crippen LogP contribution in [0.5, 0.6) is 0 Å². The van der Waals surface area contributed by atoms with E-state index < -0.39 is 28.4 Å². The zero-order chi connectivity index (χ0) is 17.5. The lowest BCUT2D eigenvalue weighted by atomic mass is 9.88. The standard InChI is InChI=1S/C17H28O6/c1-12(16(6)8-19-14(2,3)20-9-16)23-13(18)17(7)10-21-15(4,5)22-11-17/h1,8-11H2,2-7H3. The maximum Gasteiger partial charge on any atom is 0.321 e. The number of rotatable bonds is 3. The predicted molar refractivity (Wildman–Crippen MR) is 83.4 cm³/mol. The number of hydrogen-bond acceptors (Lipinski definition) is 6. The Hall–Kier alpha value is -0.950. The summed E-state index contributed by atoms with van der Waals surface area (Å²) in [5.74, 6) is -1.39. The highest BCUT2D eigenvalue weighted by Crippen LogP contribution is 2.37. The van der Waals surface area contributed by atoms with E-state index in [1.54, 1.807) is 6.92 Å². The molecule has 0 atom stereocenters. The average molecular weight is 328 g/mol. The number of hydrogen-bond donors (Lipinski definition) is 0. The van der Waals surface area contributed by atoms with Crippen molar-refractivity contribution < 1.29 is 28.5 Å². The van der Waals surface area contributed by atoms with Gasteiger partial charge in [-0.05, 0) is 41.5 Å². The zero-order valence-electron chi connectivity index (χ0n) is 15.0. The van der Waals surface area contributed by atoms with Gasteiger partial charge >= 0.3 is 5.97 Å². The van der Waals surface area contributed by atoms with Gasteiger partial charge in [-0.15, -0.1) is 0 Å². The maximum absolute atomic E-state index is 12.5. The molecule has 0 radical (unpaired) electrons. The van der Waals surface area contributed by atoms with E-state index in [2.05, 4.69) is 6.58 Å². The van der Waals surface area contributed by atoms with Gasteiger partial charge < -0.3 is 23.7 Å². The molecular weight excluding hydrogens is 300 g/mol. The van der Waals surface area contributed by atoms with E-state index in [4.69, 9.17) is 23.7 Å². The third kappa shape index (κ3) is 4.12. The molecule has 0 aromatic rings. The Kier molecular flexibility index (Phi) is 4.67. The van der Waals surface area contributed by atoms with Crippen LogP contribution in [-0.4, -0.2) is 44.0 Å². The third-order valence-corrected chi connectivity index (χ3v) is 4.34. The zero-order valence-corrected chi connectivity index (χ0v) is 15.0. The molecule has 2 saturated heterocycles. The van der Waals surface area contributed by atoms with Crippen LogP contribution in [0.4, 0.5) is 0 Å². The molecule has 132 valence electrons. The van der Waals surface area contributed by atoms with Crippen LogP contribution in [0.25, 0.3) is 0 Å². The summed E-state index contributed by atoms with van der Waals surface area (Å²) in [6, 6.07) is 0. The van der Waals surface area contributed by atoms with Crippen molar-refractivity contribution in [2.75, 3.05) is 26.4 Å². The molecule has 0 spiro atoms. The minimum atomic E-state index is -0.857. The molecule has 0 aliphatic carbocycles. The fraction of sp³-hybridized carbons (Fsp3) is 0.824. The molecule has 2 aliphatic rings. The molecule has 23 heavy (non-hydrogen) atoms. The summed E-state index contributed by atoms with van der Waals surface area (Å²) in [6.45, 7) is 16.1. The normalized spacial score (nSPS) is 27.9. The van der Waals surface area contributed by atoms with E-state index in [1.807, 2.05) is 34.6 Å². The quantitative estimate of drug-likeness (QED) is 0.586. The van der Waals surface area contributed by atoms with Crippen molar-refractivity contribution >= 4 is 5.97 Å². The SMILES string of the molecule is C=C(OC(=O)C1(C)COC(C)(C)OC1)C1(C)COC(C)(C)OC1. The summed E-state index contributed by atoms with van der Waals surface area (Å²) in [4.78, 5) is 12.5. The summed E-state index contributed by atoms with van der Waals surface area (Å²) < 4.78 is 28.0. The molecule has 0 aromatic heterocycles. The van der Waals surface area contributed by atoms with Crippen LogP contribution in [0.2, 0.25) is 0 Å². The van der Waals surface area contributed by atoms with Crippen LogP contribution in [-0.2, 0) is 28.5 Å². The second-order valence-electron chi connectivity index (χ2n) is 7.89. The van der Waals surface area contributed by atoms with E-state index in [0.29, 0.717) is 19.0 Å². The Labute approximate surface area is 138 Å². The Balaban J connectivity index is 1.96.